The van der Waals surface area contributed by atoms with Crippen LogP contribution in [0.25, 0.3) is 10.8 Å². The summed E-state index contributed by atoms with van der Waals surface area (Å²) in [6, 6.07) is 37.4. The van der Waals surface area contributed by atoms with Crippen molar-refractivity contribution in [3.63, 3.8) is 0 Å². The Kier molecular flexibility index (Phi) is 7.31. The number of hydrogen-bond donors (Lipinski definition) is 0. The van der Waals surface area contributed by atoms with Crippen molar-refractivity contribution < 1.29 is 17.6 Å². The highest BCUT2D eigenvalue weighted by atomic mass is 31.2. The van der Waals surface area contributed by atoms with E-state index >= 15 is 0 Å². The fourth-order valence-corrected chi connectivity index (χ4v) is 11.8. The second-order valence-electron chi connectivity index (χ2n) is 10.2. The van der Waals surface area contributed by atoms with Crippen molar-refractivity contribution >= 4 is 69.0 Å². The van der Waals surface area contributed by atoms with Gasteiger partial charge < -0.3 is 0 Å². The Bertz CT molecular complexity index is 1750. The fourth-order valence-electron chi connectivity index (χ4n) is 5.58. The standard InChI is InChI=1S/C36H26F4P2/c1-41(29-17-9-25(37)10-18-29,30-19-11-26(38)12-20-30)35-7-3-6-34-33(35)5-4-8-36(34)42(2,31-21-13-27(39)14-22-31)32-23-15-28(40)16-24-32/h3-24H,1-2H2. The van der Waals surface area contributed by atoms with E-state index in [0.717, 1.165) is 42.6 Å². The number of benzene rings is 6. The number of halogens is 4. The molecule has 0 atom stereocenters. The van der Waals surface area contributed by atoms with Gasteiger partial charge in [-0.05, 0) is 105 Å². The van der Waals surface area contributed by atoms with Gasteiger partial charge in [-0.2, -0.15) is 0 Å². The van der Waals surface area contributed by atoms with Crippen molar-refractivity contribution in [1.29, 1.82) is 0 Å². The van der Waals surface area contributed by atoms with Crippen LogP contribution in [0.15, 0.2) is 133 Å². The molecule has 0 nitrogen and oxygen atoms in total. The van der Waals surface area contributed by atoms with Crippen LogP contribution in [0.5, 0.6) is 0 Å². The lowest BCUT2D eigenvalue weighted by atomic mass is 10.1. The van der Waals surface area contributed by atoms with Crippen molar-refractivity contribution in [3.05, 3.63) is 157 Å². The van der Waals surface area contributed by atoms with E-state index in [1.807, 2.05) is 36.4 Å². The molecule has 0 aliphatic carbocycles. The molecule has 0 N–H and O–H groups in total. The van der Waals surface area contributed by atoms with Crippen molar-refractivity contribution in [3.8, 4) is 0 Å². The van der Waals surface area contributed by atoms with E-state index in [9.17, 15) is 17.6 Å². The third-order valence-corrected chi connectivity index (χ3v) is 14.9. The molecule has 0 saturated carbocycles. The Morgan fingerprint density at radius 3 is 0.810 bits per heavy atom. The van der Waals surface area contributed by atoms with Gasteiger partial charge in [-0.25, -0.2) is 17.6 Å². The molecule has 0 aliphatic heterocycles. The van der Waals surface area contributed by atoms with Crippen molar-refractivity contribution in [2.24, 2.45) is 0 Å². The topological polar surface area (TPSA) is 0 Å². The van der Waals surface area contributed by atoms with Crippen molar-refractivity contribution in [2.45, 2.75) is 0 Å². The van der Waals surface area contributed by atoms with Crippen LogP contribution >= 0.6 is 13.8 Å². The number of rotatable bonds is 6. The molecule has 0 aromatic heterocycles. The monoisotopic (exact) mass is 596 g/mol. The zero-order valence-electron chi connectivity index (χ0n) is 22.5. The van der Waals surface area contributed by atoms with Crippen molar-refractivity contribution in [2.75, 3.05) is 0 Å². The van der Waals surface area contributed by atoms with Crippen LogP contribution in [0.3, 0.4) is 0 Å². The molecular formula is C36H26F4P2. The lowest BCUT2D eigenvalue weighted by Gasteiger charge is -2.31. The van der Waals surface area contributed by atoms with Gasteiger partial charge in [0.15, 0.2) is 0 Å². The van der Waals surface area contributed by atoms with Gasteiger partial charge in [-0.3, -0.25) is 0 Å². The maximum Gasteiger partial charge on any atom is 0.123 e. The van der Waals surface area contributed by atoms with Gasteiger partial charge in [0.05, 0.1) is 0 Å². The summed E-state index contributed by atoms with van der Waals surface area (Å²) in [5.74, 6) is -1.41. The summed E-state index contributed by atoms with van der Waals surface area (Å²) in [5, 5.41) is 7.16. The average Bonchev–Trinajstić information content (AvgIpc) is 3.01. The Labute approximate surface area is 242 Å². The van der Waals surface area contributed by atoms with Crippen LogP contribution in [0.4, 0.5) is 17.6 Å². The maximum absolute atomic E-state index is 14.0. The molecular weight excluding hydrogens is 570 g/mol. The number of fused-ring (bicyclic) bond motifs is 1. The molecule has 0 radical (unpaired) electrons. The summed E-state index contributed by atoms with van der Waals surface area (Å²) < 4.78 is 56.1. The van der Waals surface area contributed by atoms with Gasteiger partial charge in [0.1, 0.15) is 23.3 Å². The summed E-state index contributed by atoms with van der Waals surface area (Å²) in [7, 11) is 0. The van der Waals surface area contributed by atoms with E-state index in [0.29, 0.717) is 0 Å². The first-order chi connectivity index (χ1) is 20.2. The van der Waals surface area contributed by atoms with Gasteiger partial charge in [-0.1, -0.05) is 97.5 Å². The Balaban J connectivity index is 1.67. The first-order valence-electron chi connectivity index (χ1n) is 13.3. The molecule has 42 heavy (non-hydrogen) atoms. The molecule has 0 bridgehead atoms. The molecule has 0 aliphatic rings. The second-order valence-corrected chi connectivity index (χ2v) is 16.4. The minimum Gasteiger partial charge on any atom is -0.207 e. The number of hydrogen-bond acceptors (Lipinski definition) is 0. The molecule has 6 heteroatoms. The molecule has 0 heterocycles. The fraction of sp³-hybridized carbons (Fsp3) is 0. The van der Waals surface area contributed by atoms with Crippen LogP contribution in [0.2, 0.25) is 0 Å². The first-order valence-corrected chi connectivity index (χ1v) is 17.2. The highest BCUT2D eigenvalue weighted by Crippen LogP contribution is 2.47. The van der Waals surface area contributed by atoms with E-state index in [1.165, 1.54) is 48.5 Å². The molecule has 0 saturated heterocycles. The molecule has 6 aromatic carbocycles. The van der Waals surface area contributed by atoms with E-state index in [2.05, 4.69) is 0 Å². The smallest absolute Gasteiger partial charge is 0.123 e. The zero-order valence-corrected chi connectivity index (χ0v) is 24.3. The van der Waals surface area contributed by atoms with E-state index < -0.39 is 13.8 Å². The molecule has 0 spiro atoms. The molecule has 0 fully saturated rings. The SMILES string of the molecule is C=P(c1ccc(F)cc1)(c1ccc(F)cc1)c1cccc2c(P(=C)(c3ccc(F)cc3)c3ccc(F)cc3)cccc12. The van der Waals surface area contributed by atoms with Crippen LogP contribution in [0, 0.1) is 23.3 Å². The van der Waals surface area contributed by atoms with Gasteiger partial charge in [0.25, 0.3) is 0 Å². The lowest BCUT2D eigenvalue weighted by molar-refractivity contribution is 0.628. The predicted molar refractivity (Wildman–Crippen MR) is 175 cm³/mol. The van der Waals surface area contributed by atoms with Gasteiger partial charge in [0, 0.05) is 0 Å². The summed E-state index contributed by atoms with van der Waals surface area (Å²) in [5.41, 5.74) is 0. The lowest BCUT2D eigenvalue weighted by Crippen LogP contribution is -2.29. The Morgan fingerprint density at radius 2 is 0.571 bits per heavy atom. The van der Waals surface area contributed by atoms with Crippen molar-refractivity contribution in [1.82, 2.24) is 0 Å². The highest BCUT2D eigenvalue weighted by molar-refractivity contribution is 7.94. The summed E-state index contributed by atoms with van der Waals surface area (Å²) >= 11 is 0. The minimum absolute atomic E-state index is 0.352. The Hall–Kier alpha value is -4.10. The molecule has 0 amide bonds. The maximum atomic E-state index is 14.0. The zero-order chi connectivity index (χ0) is 29.5. The van der Waals surface area contributed by atoms with Gasteiger partial charge >= 0.3 is 0 Å². The summed E-state index contributed by atoms with van der Waals surface area (Å²) in [4.78, 5) is 0. The minimum atomic E-state index is -2.63. The largest absolute Gasteiger partial charge is 0.207 e. The van der Waals surface area contributed by atoms with Crippen LogP contribution in [-0.4, -0.2) is 12.6 Å². The summed E-state index contributed by atoms with van der Waals surface area (Å²) in [6.45, 7) is -5.26. The van der Waals surface area contributed by atoms with Crippen LogP contribution in [0.1, 0.15) is 0 Å². The quantitative estimate of drug-likeness (QED) is 0.146. The van der Waals surface area contributed by atoms with E-state index in [-0.39, 0.29) is 23.3 Å². The third kappa shape index (κ3) is 4.75. The molecule has 0 unspecified atom stereocenters. The Morgan fingerprint density at radius 1 is 0.333 bits per heavy atom. The molecule has 6 aromatic rings. The van der Waals surface area contributed by atoms with E-state index in [1.54, 1.807) is 48.5 Å². The second kappa shape index (κ2) is 11.0. The first kappa shape index (κ1) is 28.0. The molecule has 6 rings (SSSR count). The van der Waals surface area contributed by atoms with E-state index in [4.69, 9.17) is 12.6 Å². The average molecular weight is 597 g/mol. The third-order valence-electron chi connectivity index (χ3n) is 7.77. The van der Waals surface area contributed by atoms with Crippen LogP contribution in [-0.2, 0) is 0 Å². The highest BCUT2D eigenvalue weighted by Gasteiger charge is 2.28. The van der Waals surface area contributed by atoms with Gasteiger partial charge in [0.2, 0.25) is 0 Å². The predicted octanol–water partition coefficient (Wildman–Crippen LogP) is 6.85. The normalized spacial score (nSPS) is 12.0. The summed E-state index contributed by atoms with van der Waals surface area (Å²) in [6.07, 6.45) is 9.59. The molecule has 208 valence electrons. The van der Waals surface area contributed by atoms with Crippen LogP contribution < -0.4 is 31.8 Å². The van der Waals surface area contributed by atoms with Gasteiger partial charge in [-0.15, -0.1) is 0 Å².